The zero-order valence-electron chi connectivity index (χ0n) is 15.5. The fourth-order valence-electron chi connectivity index (χ4n) is 2.33. The lowest BCUT2D eigenvalue weighted by molar-refractivity contribution is -0.0777. The molecule has 0 aliphatic heterocycles. The molecule has 0 aliphatic rings. The molecule has 130 valence electrons. The maximum atomic E-state index is 12.2. The molecule has 0 heterocycles. The van der Waals surface area contributed by atoms with Gasteiger partial charge < -0.3 is 14.8 Å². The molecule has 23 heavy (non-hydrogen) atoms. The number of ether oxygens (including phenoxy) is 2. The molecule has 4 nitrogen and oxygen atoms in total. The van der Waals surface area contributed by atoms with Crippen LogP contribution in [0.3, 0.4) is 0 Å². The average molecular weight is 321 g/mol. The first-order chi connectivity index (χ1) is 10.5. The fraction of sp³-hybridized carbons (Fsp3) is 0.632. The molecular weight excluding hydrogens is 290 g/mol. The summed E-state index contributed by atoms with van der Waals surface area (Å²) < 4.78 is 11.6. The molecule has 0 saturated carbocycles. The topological polar surface area (TPSA) is 47.6 Å². The van der Waals surface area contributed by atoms with Gasteiger partial charge in [0.05, 0.1) is 17.7 Å². The van der Waals surface area contributed by atoms with Crippen molar-refractivity contribution in [3.63, 3.8) is 0 Å². The second-order valence-electron chi connectivity index (χ2n) is 7.71. The number of rotatable bonds is 5. The fourth-order valence-corrected chi connectivity index (χ4v) is 2.33. The minimum Gasteiger partial charge on any atom is -0.444 e. The maximum Gasteiger partial charge on any atom is 0.408 e. The van der Waals surface area contributed by atoms with Crippen molar-refractivity contribution in [2.45, 2.75) is 78.2 Å². The van der Waals surface area contributed by atoms with Gasteiger partial charge in [0.1, 0.15) is 5.60 Å². The lowest BCUT2D eigenvalue weighted by atomic mass is 9.98. The van der Waals surface area contributed by atoms with Crippen LogP contribution < -0.4 is 5.32 Å². The Labute approximate surface area is 140 Å². The minimum atomic E-state index is -0.530. The molecule has 1 rings (SSSR count). The van der Waals surface area contributed by atoms with Gasteiger partial charge in [0.25, 0.3) is 0 Å². The van der Waals surface area contributed by atoms with Crippen LogP contribution >= 0.6 is 0 Å². The Bertz CT molecular complexity index is 486. The van der Waals surface area contributed by atoms with E-state index in [1.807, 2.05) is 71.9 Å². The summed E-state index contributed by atoms with van der Waals surface area (Å²) in [6.45, 7) is 13.7. The molecule has 2 atom stereocenters. The lowest BCUT2D eigenvalue weighted by Gasteiger charge is -2.34. The van der Waals surface area contributed by atoms with Crippen molar-refractivity contribution in [1.82, 2.24) is 5.32 Å². The Morgan fingerprint density at radius 3 is 2.04 bits per heavy atom. The number of carbonyl (C=O) groups is 1. The lowest BCUT2D eigenvalue weighted by Crippen LogP contribution is -2.42. The summed E-state index contributed by atoms with van der Waals surface area (Å²) >= 11 is 0. The average Bonchev–Trinajstić information content (AvgIpc) is 2.40. The SMILES string of the molecule is CCC(OC(C)(C)C)C(NC(=O)OC(C)(C)C)c1ccccc1. The third-order valence-electron chi connectivity index (χ3n) is 3.11. The number of amides is 1. The zero-order chi connectivity index (χ0) is 17.7. The van der Waals surface area contributed by atoms with E-state index < -0.39 is 11.7 Å². The predicted molar refractivity (Wildman–Crippen MR) is 93.5 cm³/mol. The van der Waals surface area contributed by atoms with Gasteiger partial charge in [0.15, 0.2) is 0 Å². The van der Waals surface area contributed by atoms with Crippen LogP contribution in [0.4, 0.5) is 4.79 Å². The van der Waals surface area contributed by atoms with Gasteiger partial charge in [0.2, 0.25) is 0 Å². The molecule has 0 aromatic heterocycles. The third-order valence-corrected chi connectivity index (χ3v) is 3.11. The molecule has 0 saturated heterocycles. The molecule has 1 aromatic carbocycles. The first kappa shape index (κ1) is 19.5. The summed E-state index contributed by atoms with van der Waals surface area (Å²) in [5.74, 6) is 0. The molecule has 0 aliphatic carbocycles. The van der Waals surface area contributed by atoms with Crippen LogP contribution in [0.25, 0.3) is 0 Å². The number of hydrogen-bond acceptors (Lipinski definition) is 3. The van der Waals surface area contributed by atoms with Crippen molar-refractivity contribution in [1.29, 1.82) is 0 Å². The van der Waals surface area contributed by atoms with Crippen molar-refractivity contribution in [2.75, 3.05) is 0 Å². The van der Waals surface area contributed by atoms with Gasteiger partial charge in [-0.05, 0) is 53.5 Å². The Morgan fingerprint density at radius 2 is 1.61 bits per heavy atom. The summed E-state index contributed by atoms with van der Waals surface area (Å²) in [6, 6.07) is 9.62. The van der Waals surface area contributed by atoms with Crippen molar-refractivity contribution in [3.8, 4) is 0 Å². The van der Waals surface area contributed by atoms with Crippen molar-refractivity contribution < 1.29 is 14.3 Å². The van der Waals surface area contributed by atoms with Crippen LogP contribution in [0.5, 0.6) is 0 Å². The van der Waals surface area contributed by atoms with Crippen LogP contribution in [0, 0.1) is 0 Å². The van der Waals surface area contributed by atoms with Crippen molar-refractivity contribution >= 4 is 6.09 Å². The first-order valence-corrected chi connectivity index (χ1v) is 8.24. The molecule has 0 fully saturated rings. The van der Waals surface area contributed by atoms with E-state index in [9.17, 15) is 4.79 Å². The smallest absolute Gasteiger partial charge is 0.408 e. The van der Waals surface area contributed by atoms with E-state index >= 15 is 0 Å². The highest BCUT2D eigenvalue weighted by atomic mass is 16.6. The molecule has 1 aromatic rings. The Morgan fingerprint density at radius 1 is 1.04 bits per heavy atom. The molecular formula is C19H31NO3. The van der Waals surface area contributed by atoms with E-state index in [1.54, 1.807) is 0 Å². The summed E-state index contributed by atoms with van der Waals surface area (Å²) in [5.41, 5.74) is 0.191. The Balaban J connectivity index is 3.00. The Hall–Kier alpha value is -1.55. The van der Waals surface area contributed by atoms with Gasteiger partial charge in [-0.25, -0.2) is 4.79 Å². The third kappa shape index (κ3) is 7.51. The number of alkyl carbamates (subject to hydrolysis) is 1. The zero-order valence-corrected chi connectivity index (χ0v) is 15.5. The van der Waals surface area contributed by atoms with Crippen LogP contribution in [0.2, 0.25) is 0 Å². The molecule has 1 amide bonds. The largest absolute Gasteiger partial charge is 0.444 e. The van der Waals surface area contributed by atoms with E-state index in [2.05, 4.69) is 12.2 Å². The number of nitrogens with one attached hydrogen (secondary N) is 1. The monoisotopic (exact) mass is 321 g/mol. The van der Waals surface area contributed by atoms with Crippen LogP contribution in [0.15, 0.2) is 30.3 Å². The molecule has 0 bridgehead atoms. The molecule has 0 radical (unpaired) electrons. The maximum absolute atomic E-state index is 12.2. The quantitative estimate of drug-likeness (QED) is 0.843. The summed E-state index contributed by atoms with van der Waals surface area (Å²) in [7, 11) is 0. The normalized spacial score (nSPS) is 14.9. The molecule has 4 heteroatoms. The van der Waals surface area contributed by atoms with E-state index in [1.165, 1.54) is 0 Å². The van der Waals surface area contributed by atoms with Gasteiger partial charge in [-0.3, -0.25) is 0 Å². The second kappa shape index (κ2) is 7.82. The molecule has 2 unspecified atom stereocenters. The van der Waals surface area contributed by atoms with E-state index in [0.29, 0.717) is 0 Å². The molecule has 1 N–H and O–H groups in total. The first-order valence-electron chi connectivity index (χ1n) is 8.24. The summed E-state index contributed by atoms with van der Waals surface area (Å²) in [4.78, 5) is 12.2. The van der Waals surface area contributed by atoms with Gasteiger partial charge in [-0.2, -0.15) is 0 Å². The standard InChI is InChI=1S/C19H31NO3/c1-8-15(22-18(2,3)4)16(14-12-10-9-11-13-14)20-17(21)23-19(5,6)7/h9-13,15-16H,8H2,1-7H3,(H,20,21). The van der Waals surface area contributed by atoms with Crippen molar-refractivity contribution in [2.24, 2.45) is 0 Å². The van der Waals surface area contributed by atoms with Crippen LogP contribution in [0.1, 0.15) is 66.5 Å². The van der Waals surface area contributed by atoms with E-state index in [0.717, 1.165) is 12.0 Å². The highest BCUT2D eigenvalue weighted by Crippen LogP contribution is 2.26. The number of carbonyl (C=O) groups excluding carboxylic acids is 1. The van der Waals surface area contributed by atoms with Gasteiger partial charge in [0, 0.05) is 0 Å². The predicted octanol–water partition coefficient (Wildman–Crippen LogP) is 4.85. The van der Waals surface area contributed by atoms with E-state index in [-0.39, 0.29) is 17.7 Å². The van der Waals surface area contributed by atoms with Crippen LogP contribution in [-0.2, 0) is 9.47 Å². The highest BCUT2D eigenvalue weighted by Gasteiger charge is 2.29. The molecule has 0 spiro atoms. The van der Waals surface area contributed by atoms with Gasteiger partial charge in [-0.15, -0.1) is 0 Å². The number of hydrogen-bond donors (Lipinski definition) is 1. The van der Waals surface area contributed by atoms with Crippen molar-refractivity contribution in [3.05, 3.63) is 35.9 Å². The highest BCUT2D eigenvalue weighted by molar-refractivity contribution is 5.68. The van der Waals surface area contributed by atoms with Crippen LogP contribution in [-0.4, -0.2) is 23.4 Å². The van der Waals surface area contributed by atoms with Gasteiger partial charge >= 0.3 is 6.09 Å². The Kier molecular flexibility index (Phi) is 6.63. The van der Waals surface area contributed by atoms with E-state index in [4.69, 9.17) is 9.47 Å². The van der Waals surface area contributed by atoms with Gasteiger partial charge in [-0.1, -0.05) is 37.3 Å². The minimum absolute atomic E-state index is 0.134. The number of benzene rings is 1. The second-order valence-corrected chi connectivity index (χ2v) is 7.71. The summed E-state index contributed by atoms with van der Waals surface area (Å²) in [5, 5.41) is 2.98. The summed E-state index contributed by atoms with van der Waals surface area (Å²) in [6.07, 6.45) is 0.222.